The smallest absolute Gasteiger partial charge is 0.0759 e. The first-order valence-corrected chi connectivity index (χ1v) is 4.22. The molecule has 0 bridgehead atoms. The van der Waals surface area contributed by atoms with Gasteiger partial charge in [0.15, 0.2) is 0 Å². The summed E-state index contributed by atoms with van der Waals surface area (Å²) in [6.07, 6.45) is 6.79. The van der Waals surface area contributed by atoms with Gasteiger partial charge in [0.1, 0.15) is 0 Å². The molecule has 0 amide bonds. The molecular weight excluding hydrogens is 146 g/mol. The van der Waals surface area contributed by atoms with E-state index in [4.69, 9.17) is 5.26 Å². The Morgan fingerprint density at radius 3 is 2.42 bits per heavy atom. The fourth-order valence-corrected chi connectivity index (χ4v) is 0.935. The quantitative estimate of drug-likeness (QED) is 0.584. The highest BCUT2D eigenvalue weighted by molar-refractivity contribution is 5.13. The Balaban J connectivity index is 4.38. The van der Waals surface area contributed by atoms with E-state index in [-0.39, 0.29) is 5.41 Å². The van der Waals surface area contributed by atoms with E-state index in [1.54, 1.807) is 0 Å². The van der Waals surface area contributed by atoms with E-state index in [1.165, 1.54) is 5.57 Å². The van der Waals surface area contributed by atoms with Crippen LogP contribution in [-0.4, -0.2) is 0 Å². The van der Waals surface area contributed by atoms with E-state index in [0.29, 0.717) is 0 Å². The van der Waals surface area contributed by atoms with Crippen LogP contribution in [0.3, 0.4) is 0 Å². The van der Waals surface area contributed by atoms with E-state index in [2.05, 4.69) is 12.1 Å². The highest BCUT2D eigenvalue weighted by atomic mass is 14.3. The topological polar surface area (TPSA) is 23.8 Å². The fraction of sp³-hybridized carbons (Fsp3) is 0.545. The van der Waals surface area contributed by atoms with Crippen LogP contribution in [-0.2, 0) is 0 Å². The molecule has 1 atom stereocenters. The predicted octanol–water partition coefficient (Wildman–Crippen LogP) is 3.45. The largest absolute Gasteiger partial charge is 0.197 e. The molecule has 66 valence electrons. The number of rotatable bonds is 3. The number of hydrogen-bond acceptors (Lipinski definition) is 1. The van der Waals surface area contributed by atoms with Crippen LogP contribution in [0.15, 0.2) is 23.8 Å². The zero-order valence-corrected chi connectivity index (χ0v) is 8.39. The van der Waals surface area contributed by atoms with Gasteiger partial charge in [0.25, 0.3) is 0 Å². The van der Waals surface area contributed by atoms with Crippen molar-refractivity contribution in [1.82, 2.24) is 0 Å². The fourth-order valence-electron chi connectivity index (χ4n) is 0.935. The molecule has 12 heavy (non-hydrogen) atoms. The van der Waals surface area contributed by atoms with E-state index in [1.807, 2.05) is 39.8 Å². The van der Waals surface area contributed by atoms with Gasteiger partial charge in [-0.05, 0) is 34.1 Å². The first kappa shape index (κ1) is 11.0. The lowest BCUT2D eigenvalue weighted by Gasteiger charge is -2.13. The third-order valence-corrected chi connectivity index (χ3v) is 1.72. The molecule has 0 fully saturated rings. The minimum absolute atomic E-state index is 0.327. The van der Waals surface area contributed by atoms with Crippen LogP contribution < -0.4 is 0 Å². The predicted molar refractivity (Wildman–Crippen MR) is 52.6 cm³/mol. The second-order valence-electron chi connectivity index (χ2n) is 3.51. The maximum atomic E-state index is 8.90. The monoisotopic (exact) mass is 163 g/mol. The third-order valence-electron chi connectivity index (χ3n) is 1.72. The zero-order valence-electron chi connectivity index (χ0n) is 8.39. The summed E-state index contributed by atoms with van der Waals surface area (Å²) in [6.45, 7) is 7.99. The molecule has 0 aliphatic rings. The lowest BCUT2D eigenvalue weighted by atomic mass is 9.87. The van der Waals surface area contributed by atoms with Gasteiger partial charge >= 0.3 is 0 Å². The Morgan fingerprint density at radius 1 is 1.50 bits per heavy atom. The van der Waals surface area contributed by atoms with Crippen LogP contribution in [0.1, 0.15) is 34.1 Å². The zero-order chi connectivity index (χ0) is 9.61. The number of hydrogen-bond donors (Lipinski definition) is 0. The molecule has 1 unspecified atom stereocenters. The van der Waals surface area contributed by atoms with Gasteiger partial charge in [0, 0.05) is 0 Å². The Hall–Kier alpha value is -1.03. The summed E-state index contributed by atoms with van der Waals surface area (Å²) in [5.41, 5.74) is 0.937. The second-order valence-corrected chi connectivity index (χ2v) is 3.51. The maximum Gasteiger partial charge on any atom is 0.0759 e. The molecule has 0 radical (unpaired) electrons. The van der Waals surface area contributed by atoms with Crippen LogP contribution in [0.4, 0.5) is 0 Å². The summed E-state index contributed by atoms with van der Waals surface area (Å²) in [5, 5.41) is 8.90. The SMILES string of the molecule is CC=CC(C)(C#N)CC=C(C)C. The van der Waals surface area contributed by atoms with E-state index in [0.717, 1.165) is 6.42 Å². The molecule has 0 aliphatic heterocycles. The van der Waals surface area contributed by atoms with Gasteiger partial charge in [-0.15, -0.1) is 0 Å². The first-order valence-electron chi connectivity index (χ1n) is 4.22. The van der Waals surface area contributed by atoms with E-state index < -0.39 is 0 Å². The molecule has 0 rings (SSSR count). The molecule has 0 saturated heterocycles. The molecule has 0 saturated carbocycles. The van der Waals surface area contributed by atoms with Crippen LogP contribution in [0.2, 0.25) is 0 Å². The molecule has 0 aromatic rings. The Bertz CT molecular complexity index is 226. The summed E-state index contributed by atoms with van der Waals surface area (Å²) >= 11 is 0. The molecule has 0 N–H and O–H groups in total. The normalized spacial score (nSPS) is 15.2. The average molecular weight is 163 g/mol. The third kappa shape index (κ3) is 3.98. The Kier molecular flexibility index (Phi) is 4.36. The van der Waals surface area contributed by atoms with Crippen LogP contribution >= 0.6 is 0 Å². The Morgan fingerprint density at radius 2 is 2.08 bits per heavy atom. The Labute approximate surface area is 75.4 Å². The summed E-state index contributed by atoms with van der Waals surface area (Å²) in [7, 11) is 0. The lowest BCUT2D eigenvalue weighted by molar-refractivity contribution is 0.576. The molecule has 0 heterocycles. The van der Waals surface area contributed by atoms with Crippen molar-refractivity contribution in [3.05, 3.63) is 23.8 Å². The van der Waals surface area contributed by atoms with Crippen molar-refractivity contribution in [3.63, 3.8) is 0 Å². The van der Waals surface area contributed by atoms with E-state index >= 15 is 0 Å². The van der Waals surface area contributed by atoms with Gasteiger partial charge in [0.05, 0.1) is 11.5 Å². The highest BCUT2D eigenvalue weighted by Crippen LogP contribution is 2.23. The van der Waals surface area contributed by atoms with Crippen molar-refractivity contribution in [3.8, 4) is 6.07 Å². The average Bonchev–Trinajstić information content (AvgIpc) is 2.02. The van der Waals surface area contributed by atoms with Crippen molar-refractivity contribution >= 4 is 0 Å². The molecule has 0 aromatic heterocycles. The van der Waals surface area contributed by atoms with Gasteiger partial charge in [-0.1, -0.05) is 23.8 Å². The molecule has 1 heteroatoms. The summed E-state index contributed by atoms with van der Waals surface area (Å²) in [4.78, 5) is 0. The molecule has 1 nitrogen and oxygen atoms in total. The molecule has 0 aromatic carbocycles. The summed E-state index contributed by atoms with van der Waals surface area (Å²) < 4.78 is 0. The van der Waals surface area contributed by atoms with Crippen LogP contribution in [0.5, 0.6) is 0 Å². The molecule has 0 spiro atoms. The van der Waals surface area contributed by atoms with Gasteiger partial charge in [-0.3, -0.25) is 0 Å². The van der Waals surface area contributed by atoms with Crippen LogP contribution in [0.25, 0.3) is 0 Å². The van der Waals surface area contributed by atoms with Crippen molar-refractivity contribution in [2.45, 2.75) is 34.1 Å². The van der Waals surface area contributed by atoms with Crippen molar-refractivity contribution in [2.24, 2.45) is 5.41 Å². The highest BCUT2D eigenvalue weighted by Gasteiger charge is 2.17. The van der Waals surface area contributed by atoms with E-state index in [9.17, 15) is 0 Å². The van der Waals surface area contributed by atoms with Gasteiger partial charge in [-0.25, -0.2) is 0 Å². The van der Waals surface area contributed by atoms with Crippen molar-refractivity contribution < 1.29 is 0 Å². The van der Waals surface area contributed by atoms with Crippen molar-refractivity contribution in [2.75, 3.05) is 0 Å². The minimum Gasteiger partial charge on any atom is -0.197 e. The standard InChI is InChI=1S/C11H17N/c1-5-7-11(4,9-12)8-6-10(2)3/h5-7H,8H2,1-4H3. The van der Waals surface area contributed by atoms with Gasteiger partial charge in [-0.2, -0.15) is 5.26 Å². The maximum absolute atomic E-state index is 8.90. The summed E-state index contributed by atoms with van der Waals surface area (Å²) in [5.74, 6) is 0. The van der Waals surface area contributed by atoms with Crippen molar-refractivity contribution in [1.29, 1.82) is 5.26 Å². The molecular formula is C11H17N. The number of nitrogens with zero attached hydrogens (tertiary/aromatic N) is 1. The number of nitriles is 1. The minimum atomic E-state index is -0.327. The first-order chi connectivity index (χ1) is 5.54. The lowest BCUT2D eigenvalue weighted by Crippen LogP contribution is -2.08. The second kappa shape index (κ2) is 4.77. The van der Waals surface area contributed by atoms with Gasteiger partial charge < -0.3 is 0 Å². The number of allylic oxidation sites excluding steroid dienone is 4. The van der Waals surface area contributed by atoms with Crippen LogP contribution in [0, 0.1) is 16.7 Å². The summed E-state index contributed by atoms with van der Waals surface area (Å²) in [6, 6.07) is 2.30. The van der Waals surface area contributed by atoms with Gasteiger partial charge in [0.2, 0.25) is 0 Å². The molecule has 0 aliphatic carbocycles.